The van der Waals surface area contributed by atoms with E-state index in [1.54, 1.807) is 30.3 Å². The number of allylic oxidation sites excluding steroid dienone is 1. The van der Waals surface area contributed by atoms with Crippen LogP contribution in [0.1, 0.15) is 50.0 Å². The number of nitrogens with zero attached hydrogens (tertiary/aromatic N) is 1. The van der Waals surface area contributed by atoms with Crippen molar-refractivity contribution in [1.29, 1.82) is 0 Å². The van der Waals surface area contributed by atoms with Gasteiger partial charge in [-0.1, -0.05) is 31.2 Å². The maximum atomic E-state index is 13.1. The van der Waals surface area contributed by atoms with Gasteiger partial charge in [0.1, 0.15) is 23.4 Å². The molecule has 2 unspecified atom stereocenters. The number of likely N-dealkylation sites (tertiary alicyclic amines) is 1. The van der Waals surface area contributed by atoms with Crippen LogP contribution in [0, 0.1) is 5.92 Å². The molecule has 3 aromatic carbocycles. The average Bonchev–Trinajstić information content (AvgIpc) is 3.31. The number of phenolic OH excluding ortho intramolecular Hbond substituents is 2. The van der Waals surface area contributed by atoms with Gasteiger partial charge in [-0.05, 0) is 91.9 Å². The Bertz CT molecular complexity index is 1320. The van der Waals surface area contributed by atoms with E-state index < -0.39 is 16.9 Å². The molecule has 1 fully saturated rings. The lowest BCUT2D eigenvalue weighted by Crippen LogP contribution is -2.35. The quantitative estimate of drug-likeness (QED) is 0.432. The van der Waals surface area contributed by atoms with E-state index in [2.05, 4.69) is 18.7 Å². The maximum absolute atomic E-state index is 13.1. The van der Waals surface area contributed by atoms with Gasteiger partial charge in [-0.3, -0.25) is 9.11 Å². The van der Waals surface area contributed by atoms with Gasteiger partial charge in [0.25, 0.3) is 0 Å². The second-order valence-electron chi connectivity index (χ2n) is 10.1. The summed E-state index contributed by atoms with van der Waals surface area (Å²) >= 11 is 0. The summed E-state index contributed by atoms with van der Waals surface area (Å²) in [6.45, 7) is 8.62. The SMILES string of the molecule is CC1=C(c2cccc(O)c2)C(c2ccc(S(=O)C[C@H](C)N3CC[C@@H](C)C3)cc2)Oc2ccc(O)cc21. The van der Waals surface area contributed by atoms with Crippen LogP contribution in [0.25, 0.3) is 11.1 Å². The van der Waals surface area contributed by atoms with Crippen LogP contribution in [0.4, 0.5) is 0 Å². The predicted molar refractivity (Wildman–Crippen MR) is 145 cm³/mol. The second-order valence-corrected chi connectivity index (χ2v) is 11.6. The lowest BCUT2D eigenvalue weighted by molar-refractivity contribution is 0.259. The van der Waals surface area contributed by atoms with Gasteiger partial charge in [-0.15, -0.1) is 0 Å². The minimum absolute atomic E-state index is 0.176. The molecule has 0 aliphatic carbocycles. The van der Waals surface area contributed by atoms with E-state index in [1.807, 2.05) is 43.3 Å². The monoisotopic (exact) mass is 503 g/mol. The molecule has 188 valence electrons. The highest BCUT2D eigenvalue weighted by Crippen LogP contribution is 2.47. The first kappa shape index (κ1) is 24.6. The van der Waals surface area contributed by atoms with Crippen LogP contribution in [-0.4, -0.2) is 44.2 Å². The fourth-order valence-electron chi connectivity index (χ4n) is 5.30. The topological polar surface area (TPSA) is 70.0 Å². The summed E-state index contributed by atoms with van der Waals surface area (Å²) in [7, 11) is -1.08. The molecule has 3 aromatic rings. The Kier molecular flexibility index (Phi) is 6.91. The Morgan fingerprint density at radius 1 is 1.06 bits per heavy atom. The molecule has 2 aliphatic heterocycles. The van der Waals surface area contributed by atoms with Gasteiger partial charge < -0.3 is 14.9 Å². The Hall–Kier alpha value is -3.09. The zero-order chi connectivity index (χ0) is 25.4. The van der Waals surface area contributed by atoms with E-state index in [-0.39, 0.29) is 17.5 Å². The number of benzene rings is 3. The van der Waals surface area contributed by atoms with Gasteiger partial charge >= 0.3 is 0 Å². The molecule has 0 radical (unpaired) electrons. The highest BCUT2D eigenvalue weighted by Gasteiger charge is 2.30. The summed E-state index contributed by atoms with van der Waals surface area (Å²) in [4.78, 5) is 3.26. The molecular weight excluding hydrogens is 470 g/mol. The number of ether oxygens (including phenoxy) is 1. The highest BCUT2D eigenvalue weighted by atomic mass is 32.2. The fourth-order valence-corrected chi connectivity index (χ4v) is 6.58. The van der Waals surface area contributed by atoms with Crippen molar-refractivity contribution in [2.24, 2.45) is 5.92 Å². The molecule has 0 saturated carbocycles. The molecule has 0 amide bonds. The number of fused-ring (bicyclic) bond motifs is 1. The minimum Gasteiger partial charge on any atom is -0.508 e. The fraction of sp³-hybridized carbons (Fsp3) is 0.333. The molecule has 2 aliphatic rings. The molecule has 1 saturated heterocycles. The summed E-state index contributed by atoms with van der Waals surface area (Å²) in [5.74, 6) is 2.38. The van der Waals surface area contributed by atoms with E-state index in [0.29, 0.717) is 17.4 Å². The highest BCUT2D eigenvalue weighted by molar-refractivity contribution is 7.85. The lowest BCUT2D eigenvalue weighted by Gasteiger charge is -2.31. The number of phenols is 2. The van der Waals surface area contributed by atoms with E-state index in [0.717, 1.165) is 45.8 Å². The Balaban J connectivity index is 1.44. The number of aromatic hydroxyl groups is 2. The third-order valence-electron chi connectivity index (χ3n) is 7.35. The first-order valence-corrected chi connectivity index (χ1v) is 13.8. The summed E-state index contributed by atoms with van der Waals surface area (Å²) in [5.41, 5.74) is 4.52. The van der Waals surface area contributed by atoms with E-state index >= 15 is 0 Å². The third-order valence-corrected chi connectivity index (χ3v) is 8.94. The first-order valence-electron chi connectivity index (χ1n) is 12.5. The molecule has 0 aromatic heterocycles. The van der Waals surface area contributed by atoms with Crippen molar-refractivity contribution in [2.45, 2.75) is 44.2 Å². The van der Waals surface area contributed by atoms with Crippen LogP contribution >= 0.6 is 0 Å². The standard InChI is InChI=1S/C30H33NO4S/c1-19-13-14-31(17-19)20(2)18-36(34)26-10-7-22(8-11-26)30-29(23-5-4-6-24(32)15-23)21(3)27-16-25(33)9-12-28(27)35-30/h4-12,15-16,19-20,30,32-33H,13-14,17-18H2,1-3H3/t19-,20+,30?,36?/m1/s1. The van der Waals surface area contributed by atoms with Crippen molar-refractivity contribution in [1.82, 2.24) is 4.90 Å². The van der Waals surface area contributed by atoms with Crippen molar-refractivity contribution in [3.05, 3.63) is 83.4 Å². The van der Waals surface area contributed by atoms with Gasteiger partial charge in [-0.2, -0.15) is 0 Å². The normalized spacial score (nSPS) is 21.6. The van der Waals surface area contributed by atoms with Crippen molar-refractivity contribution in [2.75, 3.05) is 18.8 Å². The van der Waals surface area contributed by atoms with Crippen LogP contribution in [0.2, 0.25) is 0 Å². The van der Waals surface area contributed by atoms with Crippen molar-refractivity contribution in [3.63, 3.8) is 0 Å². The molecule has 6 heteroatoms. The Morgan fingerprint density at radius 3 is 2.50 bits per heavy atom. The van der Waals surface area contributed by atoms with Crippen molar-refractivity contribution < 1.29 is 19.2 Å². The van der Waals surface area contributed by atoms with Gasteiger partial charge in [0, 0.05) is 34.4 Å². The van der Waals surface area contributed by atoms with Gasteiger partial charge in [0.05, 0.1) is 10.8 Å². The summed E-state index contributed by atoms with van der Waals surface area (Å²) < 4.78 is 19.6. The second kappa shape index (κ2) is 10.1. The van der Waals surface area contributed by atoms with Crippen LogP contribution in [0.5, 0.6) is 17.2 Å². The van der Waals surface area contributed by atoms with E-state index in [9.17, 15) is 14.4 Å². The largest absolute Gasteiger partial charge is 0.508 e. The van der Waals surface area contributed by atoms with Crippen molar-refractivity contribution in [3.8, 4) is 17.2 Å². The average molecular weight is 504 g/mol. The third kappa shape index (κ3) is 4.93. The summed E-state index contributed by atoms with van der Waals surface area (Å²) in [6.07, 6.45) is 0.806. The Labute approximate surface area is 215 Å². The molecule has 0 spiro atoms. The zero-order valence-electron chi connectivity index (χ0n) is 21.0. The minimum atomic E-state index is -1.08. The van der Waals surface area contributed by atoms with Crippen LogP contribution in [-0.2, 0) is 10.8 Å². The van der Waals surface area contributed by atoms with Crippen LogP contribution in [0.15, 0.2) is 71.6 Å². The van der Waals surface area contributed by atoms with E-state index in [1.165, 1.54) is 6.42 Å². The molecule has 2 heterocycles. The molecule has 4 atom stereocenters. The number of hydrogen-bond acceptors (Lipinski definition) is 5. The lowest BCUT2D eigenvalue weighted by atomic mass is 9.86. The van der Waals surface area contributed by atoms with Gasteiger partial charge in [0.2, 0.25) is 0 Å². The summed E-state index contributed by atoms with van der Waals surface area (Å²) in [6, 6.07) is 20.4. The van der Waals surface area contributed by atoms with Crippen LogP contribution in [0.3, 0.4) is 0 Å². The molecule has 0 bridgehead atoms. The predicted octanol–water partition coefficient (Wildman–Crippen LogP) is 6.00. The summed E-state index contributed by atoms with van der Waals surface area (Å²) in [5, 5.41) is 20.2. The molecule has 2 N–H and O–H groups in total. The van der Waals surface area contributed by atoms with E-state index in [4.69, 9.17) is 4.74 Å². The first-order chi connectivity index (χ1) is 17.3. The molecule has 5 rings (SSSR count). The van der Waals surface area contributed by atoms with Crippen LogP contribution < -0.4 is 4.74 Å². The maximum Gasteiger partial charge on any atom is 0.150 e. The number of hydrogen-bond donors (Lipinski definition) is 2. The zero-order valence-corrected chi connectivity index (χ0v) is 21.8. The smallest absolute Gasteiger partial charge is 0.150 e. The number of rotatable bonds is 6. The van der Waals surface area contributed by atoms with Gasteiger partial charge in [0.15, 0.2) is 0 Å². The van der Waals surface area contributed by atoms with Crippen molar-refractivity contribution >= 4 is 21.9 Å². The molecule has 5 nitrogen and oxygen atoms in total. The van der Waals surface area contributed by atoms with Gasteiger partial charge in [-0.25, -0.2) is 0 Å². The Morgan fingerprint density at radius 2 is 1.81 bits per heavy atom. The molecular formula is C30H33NO4S. The molecule has 36 heavy (non-hydrogen) atoms.